The monoisotopic (exact) mass is 336 g/mol. The molecule has 1 fully saturated rings. The Hall–Kier alpha value is -2.34. The van der Waals surface area contributed by atoms with E-state index in [0.717, 1.165) is 12.1 Å². The van der Waals surface area contributed by atoms with E-state index in [4.69, 9.17) is 11.6 Å². The fourth-order valence-corrected chi connectivity index (χ4v) is 2.79. The largest absolute Gasteiger partial charge is 0.310 e. The zero-order valence-corrected chi connectivity index (χ0v) is 12.6. The highest BCUT2D eigenvalue weighted by atomic mass is 35.5. The van der Waals surface area contributed by atoms with E-state index in [9.17, 15) is 18.4 Å². The molecule has 0 atom stereocenters. The second kappa shape index (κ2) is 6.04. The normalized spacial score (nSPS) is 14.4. The Morgan fingerprint density at radius 3 is 2.61 bits per heavy atom. The maximum atomic E-state index is 14.4. The van der Waals surface area contributed by atoms with Crippen LogP contribution in [0.5, 0.6) is 0 Å². The van der Waals surface area contributed by atoms with Crippen molar-refractivity contribution in [3.8, 4) is 11.1 Å². The standard InChI is InChI=1S/C16H11ClF2N2O2/c17-15-4-9(8-22)11(7-20-15)10-5-13(19)14(6-12(10)18)21-3-1-2-16(21)23/h4-8H,1-3H2. The minimum atomic E-state index is -0.742. The lowest BCUT2D eigenvalue weighted by molar-refractivity contribution is -0.117. The molecule has 1 saturated heterocycles. The second-order valence-corrected chi connectivity index (χ2v) is 5.53. The SMILES string of the molecule is O=Cc1cc(Cl)ncc1-c1cc(F)c(N2CCCC2=O)cc1F. The molecule has 3 rings (SSSR count). The van der Waals surface area contributed by atoms with Crippen LogP contribution in [0, 0.1) is 11.6 Å². The van der Waals surface area contributed by atoms with Crippen LogP contribution in [-0.2, 0) is 4.79 Å². The molecule has 0 unspecified atom stereocenters. The number of hydrogen-bond donors (Lipinski definition) is 0. The van der Waals surface area contributed by atoms with E-state index in [1.165, 1.54) is 17.2 Å². The average Bonchev–Trinajstić information content (AvgIpc) is 2.95. The minimum absolute atomic E-state index is 0.0796. The van der Waals surface area contributed by atoms with E-state index in [2.05, 4.69) is 4.98 Å². The molecule has 2 aromatic rings. The van der Waals surface area contributed by atoms with Gasteiger partial charge in [0.05, 0.1) is 5.69 Å². The Morgan fingerprint density at radius 1 is 1.17 bits per heavy atom. The number of aldehydes is 1. The van der Waals surface area contributed by atoms with Crippen LogP contribution < -0.4 is 4.90 Å². The van der Waals surface area contributed by atoms with Gasteiger partial charge in [0, 0.05) is 41.9 Å². The minimum Gasteiger partial charge on any atom is -0.310 e. The number of halogens is 3. The van der Waals surface area contributed by atoms with Crippen LogP contribution in [0.15, 0.2) is 24.4 Å². The third kappa shape index (κ3) is 2.82. The van der Waals surface area contributed by atoms with Crippen molar-refractivity contribution in [1.29, 1.82) is 0 Å². The van der Waals surface area contributed by atoms with Gasteiger partial charge in [-0.15, -0.1) is 0 Å². The molecular formula is C16H11ClF2N2O2. The average molecular weight is 337 g/mol. The Kier molecular flexibility index (Phi) is 4.09. The van der Waals surface area contributed by atoms with E-state index in [1.807, 2.05) is 0 Å². The van der Waals surface area contributed by atoms with Crippen LogP contribution >= 0.6 is 11.6 Å². The summed E-state index contributed by atoms with van der Waals surface area (Å²) in [5, 5.41) is 0.0796. The van der Waals surface area contributed by atoms with E-state index in [1.54, 1.807) is 0 Å². The molecule has 1 amide bonds. The summed E-state index contributed by atoms with van der Waals surface area (Å²) in [6.07, 6.45) is 2.64. The molecule has 1 aliphatic heterocycles. The van der Waals surface area contributed by atoms with Crippen LogP contribution in [0.1, 0.15) is 23.2 Å². The smallest absolute Gasteiger partial charge is 0.227 e. The van der Waals surface area contributed by atoms with Gasteiger partial charge in [-0.3, -0.25) is 9.59 Å². The highest BCUT2D eigenvalue weighted by molar-refractivity contribution is 6.29. The number of pyridine rings is 1. The van der Waals surface area contributed by atoms with Gasteiger partial charge in [0.1, 0.15) is 16.8 Å². The maximum Gasteiger partial charge on any atom is 0.227 e. The summed E-state index contributed by atoms with van der Waals surface area (Å²) in [4.78, 5) is 27.8. The fraction of sp³-hybridized carbons (Fsp3) is 0.188. The topological polar surface area (TPSA) is 50.3 Å². The summed E-state index contributed by atoms with van der Waals surface area (Å²) < 4.78 is 28.8. The number of anilines is 1. The van der Waals surface area contributed by atoms with E-state index >= 15 is 0 Å². The maximum absolute atomic E-state index is 14.4. The van der Waals surface area contributed by atoms with Gasteiger partial charge in [0.2, 0.25) is 5.91 Å². The van der Waals surface area contributed by atoms with Crippen LogP contribution in [0.3, 0.4) is 0 Å². The number of carbonyl (C=O) groups excluding carboxylic acids is 2. The Balaban J connectivity index is 2.10. The lowest BCUT2D eigenvalue weighted by atomic mass is 10.0. The molecule has 2 heterocycles. The molecule has 118 valence electrons. The third-order valence-electron chi connectivity index (χ3n) is 3.72. The number of amides is 1. The van der Waals surface area contributed by atoms with Gasteiger partial charge in [0.15, 0.2) is 6.29 Å². The van der Waals surface area contributed by atoms with Crippen molar-refractivity contribution < 1.29 is 18.4 Å². The Labute approximate surface area is 135 Å². The highest BCUT2D eigenvalue weighted by Gasteiger charge is 2.26. The summed E-state index contributed by atoms with van der Waals surface area (Å²) in [6, 6.07) is 3.21. The van der Waals surface area contributed by atoms with E-state index in [0.29, 0.717) is 25.7 Å². The zero-order chi connectivity index (χ0) is 16.6. The number of aromatic nitrogens is 1. The van der Waals surface area contributed by atoms with E-state index < -0.39 is 11.6 Å². The van der Waals surface area contributed by atoms with Crippen molar-refractivity contribution in [2.45, 2.75) is 12.8 Å². The molecule has 1 aromatic carbocycles. The zero-order valence-electron chi connectivity index (χ0n) is 11.9. The van der Waals surface area contributed by atoms with Gasteiger partial charge in [0.25, 0.3) is 0 Å². The Morgan fingerprint density at radius 2 is 1.96 bits per heavy atom. The predicted molar refractivity (Wildman–Crippen MR) is 81.6 cm³/mol. The molecule has 23 heavy (non-hydrogen) atoms. The summed E-state index contributed by atoms with van der Waals surface area (Å²) in [6.45, 7) is 0.358. The number of benzene rings is 1. The van der Waals surface area contributed by atoms with Crippen LogP contribution in [0.4, 0.5) is 14.5 Å². The van der Waals surface area contributed by atoms with E-state index in [-0.39, 0.29) is 33.4 Å². The molecular weight excluding hydrogens is 326 g/mol. The van der Waals surface area contributed by atoms with Gasteiger partial charge in [-0.25, -0.2) is 13.8 Å². The molecule has 0 radical (unpaired) electrons. The molecule has 1 aliphatic rings. The lowest BCUT2D eigenvalue weighted by Gasteiger charge is -2.18. The van der Waals surface area contributed by atoms with Crippen LogP contribution in [0.2, 0.25) is 5.15 Å². The van der Waals surface area contributed by atoms with Crippen molar-refractivity contribution >= 4 is 29.5 Å². The summed E-state index contributed by atoms with van der Waals surface area (Å²) in [7, 11) is 0. The Bertz CT molecular complexity index is 811. The first kappa shape index (κ1) is 15.6. The van der Waals surface area contributed by atoms with Gasteiger partial charge in [-0.05, 0) is 18.6 Å². The number of carbonyl (C=O) groups is 2. The molecule has 0 spiro atoms. The van der Waals surface area contributed by atoms with Crippen molar-refractivity contribution in [1.82, 2.24) is 4.98 Å². The third-order valence-corrected chi connectivity index (χ3v) is 3.93. The number of rotatable bonds is 3. The van der Waals surface area contributed by atoms with Crippen molar-refractivity contribution in [3.05, 3.63) is 46.7 Å². The van der Waals surface area contributed by atoms with Crippen molar-refractivity contribution in [3.63, 3.8) is 0 Å². The summed E-state index contributed by atoms with van der Waals surface area (Å²) >= 11 is 5.70. The number of nitrogens with zero attached hydrogens (tertiary/aromatic N) is 2. The van der Waals surface area contributed by atoms with Gasteiger partial charge in [-0.1, -0.05) is 11.6 Å². The molecule has 1 aromatic heterocycles. The summed E-state index contributed by atoms with van der Waals surface area (Å²) in [5.74, 6) is -1.71. The first-order valence-corrected chi connectivity index (χ1v) is 7.29. The molecule has 7 heteroatoms. The summed E-state index contributed by atoms with van der Waals surface area (Å²) in [5.41, 5.74) is 0.0425. The van der Waals surface area contributed by atoms with Crippen LogP contribution in [-0.4, -0.2) is 23.7 Å². The molecule has 0 bridgehead atoms. The lowest BCUT2D eigenvalue weighted by Crippen LogP contribution is -2.25. The molecule has 0 N–H and O–H groups in total. The second-order valence-electron chi connectivity index (χ2n) is 5.14. The van der Waals surface area contributed by atoms with Gasteiger partial charge >= 0.3 is 0 Å². The van der Waals surface area contributed by atoms with Crippen molar-refractivity contribution in [2.75, 3.05) is 11.4 Å². The van der Waals surface area contributed by atoms with Gasteiger partial charge in [-0.2, -0.15) is 0 Å². The fourth-order valence-electron chi connectivity index (χ4n) is 2.62. The van der Waals surface area contributed by atoms with Crippen molar-refractivity contribution in [2.24, 2.45) is 0 Å². The quantitative estimate of drug-likeness (QED) is 0.635. The molecule has 0 aliphatic carbocycles. The van der Waals surface area contributed by atoms with Gasteiger partial charge < -0.3 is 4.90 Å². The van der Waals surface area contributed by atoms with Crippen LogP contribution in [0.25, 0.3) is 11.1 Å². The predicted octanol–water partition coefficient (Wildman–Crippen LogP) is 3.62. The number of hydrogen-bond acceptors (Lipinski definition) is 3. The highest BCUT2D eigenvalue weighted by Crippen LogP contribution is 2.33. The molecule has 0 saturated carbocycles. The first-order valence-electron chi connectivity index (χ1n) is 6.91. The first-order chi connectivity index (χ1) is 11.0. The molecule has 4 nitrogen and oxygen atoms in total.